The number of halogens is 2. The maximum Gasteiger partial charge on any atom is 0.187 e. The molecular weight excluding hydrogens is 468 g/mol. The highest BCUT2D eigenvalue weighted by atomic mass is 79.9. The molecule has 3 heterocycles. The van der Waals surface area contributed by atoms with Crippen molar-refractivity contribution in [1.82, 2.24) is 14.5 Å². The zero-order chi connectivity index (χ0) is 17.2. The molecule has 1 aliphatic heterocycles. The molecular formula is C17H16Br2N4OS. The van der Waals surface area contributed by atoms with Crippen molar-refractivity contribution < 1.29 is 4.74 Å². The van der Waals surface area contributed by atoms with Gasteiger partial charge in [0.05, 0.1) is 12.7 Å². The molecule has 1 fully saturated rings. The Morgan fingerprint density at radius 1 is 1.20 bits per heavy atom. The summed E-state index contributed by atoms with van der Waals surface area (Å²) in [7, 11) is 0. The highest BCUT2D eigenvalue weighted by molar-refractivity contribution is 9.11. The van der Waals surface area contributed by atoms with Crippen molar-refractivity contribution in [3.63, 3.8) is 0 Å². The Balaban J connectivity index is 1.47. The normalized spacial score (nSPS) is 17.8. The summed E-state index contributed by atoms with van der Waals surface area (Å²) in [6.07, 6.45) is 3.02. The van der Waals surface area contributed by atoms with Gasteiger partial charge < -0.3 is 9.64 Å². The summed E-state index contributed by atoms with van der Waals surface area (Å²) < 4.78 is 9.39. The monoisotopic (exact) mass is 482 g/mol. The van der Waals surface area contributed by atoms with Crippen LogP contribution in [0.3, 0.4) is 0 Å². The summed E-state index contributed by atoms with van der Waals surface area (Å²) in [6.45, 7) is 2.45. The fraction of sp³-hybridized carbons (Fsp3) is 0.294. The van der Waals surface area contributed by atoms with Gasteiger partial charge in [-0.05, 0) is 37.4 Å². The quantitative estimate of drug-likeness (QED) is 0.554. The Morgan fingerprint density at radius 3 is 2.80 bits per heavy atom. The van der Waals surface area contributed by atoms with E-state index in [4.69, 9.17) is 9.72 Å². The lowest BCUT2D eigenvalue weighted by Gasteiger charge is -2.32. The maximum atomic E-state index is 5.95. The molecule has 0 aliphatic carbocycles. The van der Waals surface area contributed by atoms with Crippen LogP contribution in [0.5, 0.6) is 0 Å². The molecule has 1 unspecified atom stereocenters. The molecule has 1 saturated heterocycles. The minimum atomic E-state index is 0.192. The molecule has 1 atom stereocenters. The predicted molar refractivity (Wildman–Crippen MR) is 107 cm³/mol. The molecule has 1 aliphatic rings. The van der Waals surface area contributed by atoms with Gasteiger partial charge in [-0.1, -0.05) is 30.3 Å². The van der Waals surface area contributed by atoms with Gasteiger partial charge >= 0.3 is 0 Å². The van der Waals surface area contributed by atoms with E-state index in [2.05, 4.69) is 71.4 Å². The van der Waals surface area contributed by atoms with Crippen LogP contribution in [0.4, 0.5) is 5.13 Å². The fourth-order valence-electron chi connectivity index (χ4n) is 2.90. The van der Waals surface area contributed by atoms with Crippen molar-refractivity contribution in [2.75, 3.05) is 24.6 Å². The van der Waals surface area contributed by atoms with Gasteiger partial charge in [-0.3, -0.25) is 4.57 Å². The first-order valence-corrected chi connectivity index (χ1v) is 10.4. The van der Waals surface area contributed by atoms with Gasteiger partial charge in [0.1, 0.15) is 4.60 Å². The van der Waals surface area contributed by atoms with Gasteiger partial charge in [0.15, 0.2) is 15.7 Å². The molecule has 3 aromatic rings. The Bertz CT molecular complexity index is 851. The number of morpholine rings is 1. The topological polar surface area (TPSA) is 43.2 Å². The molecule has 0 radical (unpaired) electrons. The summed E-state index contributed by atoms with van der Waals surface area (Å²) in [5, 5.41) is 3.07. The zero-order valence-electron chi connectivity index (χ0n) is 13.3. The van der Waals surface area contributed by atoms with Crippen LogP contribution < -0.4 is 4.90 Å². The number of rotatable bonds is 4. The highest BCUT2D eigenvalue weighted by Crippen LogP contribution is 2.28. The lowest BCUT2D eigenvalue weighted by Crippen LogP contribution is -2.43. The van der Waals surface area contributed by atoms with E-state index in [1.165, 1.54) is 5.56 Å². The van der Waals surface area contributed by atoms with Gasteiger partial charge in [-0.2, -0.15) is 0 Å². The summed E-state index contributed by atoms with van der Waals surface area (Å²) in [5.41, 5.74) is 1.31. The Morgan fingerprint density at radius 2 is 2.04 bits per heavy atom. The third-order valence-corrected chi connectivity index (χ3v) is 5.91. The number of benzene rings is 1. The van der Waals surface area contributed by atoms with E-state index < -0.39 is 0 Å². The molecule has 2 aromatic heterocycles. The van der Waals surface area contributed by atoms with Crippen LogP contribution in [-0.2, 0) is 11.2 Å². The molecule has 8 heteroatoms. The van der Waals surface area contributed by atoms with Crippen LogP contribution in [-0.4, -0.2) is 40.3 Å². The maximum absolute atomic E-state index is 5.95. The predicted octanol–water partition coefficient (Wildman–Crippen LogP) is 4.30. The van der Waals surface area contributed by atoms with Gasteiger partial charge in [0.25, 0.3) is 0 Å². The Kier molecular flexibility index (Phi) is 5.21. The second-order valence-electron chi connectivity index (χ2n) is 5.82. The van der Waals surface area contributed by atoms with Crippen molar-refractivity contribution in [3.8, 4) is 5.82 Å². The van der Waals surface area contributed by atoms with E-state index in [-0.39, 0.29) is 6.10 Å². The average Bonchev–Trinajstić information content (AvgIpc) is 3.22. The van der Waals surface area contributed by atoms with Crippen molar-refractivity contribution in [1.29, 1.82) is 0 Å². The second kappa shape index (κ2) is 7.57. The Labute approximate surface area is 166 Å². The lowest BCUT2D eigenvalue weighted by atomic mass is 10.1. The molecule has 1 aromatic carbocycles. The van der Waals surface area contributed by atoms with Crippen molar-refractivity contribution in [3.05, 3.63) is 56.8 Å². The molecule has 25 heavy (non-hydrogen) atoms. The lowest BCUT2D eigenvalue weighted by molar-refractivity contribution is 0.0410. The van der Waals surface area contributed by atoms with Crippen LogP contribution in [0.1, 0.15) is 5.56 Å². The summed E-state index contributed by atoms with van der Waals surface area (Å²) >= 11 is 8.50. The molecule has 130 valence electrons. The van der Waals surface area contributed by atoms with Crippen LogP contribution in [0, 0.1) is 0 Å². The molecule has 4 rings (SSSR count). The summed E-state index contributed by atoms with van der Waals surface area (Å²) in [4.78, 5) is 11.4. The average molecular weight is 484 g/mol. The van der Waals surface area contributed by atoms with Crippen LogP contribution >= 0.6 is 43.2 Å². The largest absolute Gasteiger partial charge is 0.374 e. The third-order valence-electron chi connectivity index (χ3n) is 4.08. The van der Waals surface area contributed by atoms with Gasteiger partial charge in [-0.15, -0.1) is 11.3 Å². The number of imidazole rings is 1. The molecule has 0 saturated carbocycles. The van der Waals surface area contributed by atoms with E-state index in [1.54, 1.807) is 11.3 Å². The minimum Gasteiger partial charge on any atom is -0.374 e. The first-order chi connectivity index (χ1) is 12.2. The smallest absolute Gasteiger partial charge is 0.187 e. The number of ether oxygens (including phenoxy) is 1. The van der Waals surface area contributed by atoms with Crippen molar-refractivity contribution >= 4 is 48.3 Å². The number of hydrogen-bond donors (Lipinski definition) is 0. The molecule has 0 bridgehead atoms. The van der Waals surface area contributed by atoms with E-state index in [1.807, 2.05) is 16.8 Å². The van der Waals surface area contributed by atoms with Crippen LogP contribution in [0.15, 0.2) is 51.2 Å². The van der Waals surface area contributed by atoms with Crippen LogP contribution in [0.2, 0.25) is 0 Å². The first-order valence-electron chi connectivity index (χ1n) is 7.96. The van der Waals surface area contributed by atoms with Crippen molar-refractivity contribution in [2.45, 2.75) is 12.5 Å². The van der Waals surface area contributed by atoms with Gasteiger partial charge in [0.2, 0.25) is 0 Å². The minimum absolute atomic E-state index is 0.192. The first kappa shape index (κ1) is 17.2. The third kappa shape index (κ3) is 3.97. The summed E-state index contributed by atoms with van der Waals surface area (Å²) in [5.74, 6) is 0.871. The number of aromatic nitrogens is 3. The standard InChI is InChI=1S/C17H16Br2N4OS/c18-14-10-23(16(19)20-14)15-11-25-17(21-15)22-6-7-24-13(9-22)8-12-4-2-1-3-5-12/h1-5,10-11,13H,6-9H2. The Hall–Kier alpha value is -1.22. The van der Waals surface area contributed by atoms with Crippen molar-refractivity contribution in [2.24, 2.45) is 0 Å². The van der Waals surface area contributed by atoms with E-state index in [9.17, 15) is 0 Å². The SMILES string of the molecule is Brc1cn(-c2csc(N3CCOC(Cc4ccccc4)C3)n2)c(Br)n1. The van der Waals surface area contributed by atoms with Gasteiger partial charge in [-0.25, -0.2) is 9.97 Å². The van der Waals surface area contributed by atoms with Gasteiger partial charge in [0, 0.05) is 31.1 Å². The van der Waals surface area contributed by atoms with Crippen LogP contribution in [0.25, 0.3) is 5.82 Å². The zero-order valence-corrected chi connectivity index (χ0v) is 17.3. The van der Waals surface area contributed by atoms with E-state index >= 15 is 0 Å². The number of nitrogens with zero attached hydrogens (tertiary/aromatic N) is 4. The number of anilines is 1. The number of thiazole rings is 1. The number of hydrogen-bond acceptors (Lipinski definition) is 5. The second-order valence-corrected chi connectivity index (χ2v) is 8.18. The summed E-state index contributed by atoms with van der Waals surface area (Å²) in [6, 6.07) is 10.5. The van der Waals surface area contributed by atoms with E-state index in [0.29, 0.717) is 0 Å². The molecule has 0 spiro atoms. The molecule has 0 N–H and O–H groups in total. The molecule has 0 amide bonds. The highest BCUT2D eigenvalue weighted by Gasteiger charge is 2.23. The molecule has 5 nitrogen and oxygen atoms in total. The van der Waals surface area contributed by atoms with E-state index in [0.717, 1.165) is 46.4 Å². The fourth-order valence-corrected chi connectivity index (χ4v) is 4.82.